The van der Waals surface area contributed by atoms with E-state index in [0.29, 0.717) is 0 Å². The van der Waals surface area contributed by atoms with Gasteiger partial charge in [-0.05, 0) is 45.7 Å². The summed E-state index contributed by atoms with van der Waals surface area (Å²) in [6.45, 7) is 6.84. The van der Waals surface area contributed by atoms with E-state index in [-0.39, 0.29) is 0 Å². The summed E-state index contributed by atoms with van der Waals surface area (Å²) in [6, 6.07) is 0.753. The number of nitrogens with zero attached hydrogens (tertiary/aromatic N) is 1. The highest BCUT2D eigenvalue weighted by molar-refractivity contribution is 4.90. The molecule has 102 valence electrons. The molecule has 0 amide bonds. The van der Waals surface area contributed by atoms with Gasteiger partial charge in [0, 0.05) is 6.04 Å². The molecule has 0 N–H and O–H groups in total. The molecule has 2 unspecified atom stereocenters. The maximum absolute atomic E-state index is 2.47. The molecule has 0 fully saturated rings. The second-order valence-electron chi connectivity index (χ2n) is 5.41. The van der Waals surface area contributed by atoms with E-state index in [1.165, 1.54) is 44.9 Å². The van der Waals surface area contributed by atoms with Crippen molar-refractivity contribution in [3.05, 3.63) is 12.2 Å². The standard InChI is InChI=1S/C16H33N/c1-6-9-10-13-15(11-7-2)14-16(12-8-3)17(4)5/h10,13,15-16H,6-9,11-12,14H2,1-5H3. The van der Waals surface area contributed by atoms with Crippen molar-refractivity contribution in [2.45, 2.75) is 71.8 Å². The van der Waals surface area contributed by atoms with E-state index in [1.807, 2.05) is 0 Å². The highest BCUT2D eigenvalue weighted by Crippen LogP contribution is 2.20. The van der Waals surface area contributed by atoms with Crippen molar-refractivity contribution in [1.29, 1.82) is 0 Å². The Labute approximate surface area is 109 Å². The van der Waals surface area contributed by atoms with Gasteiger partial charge in [-0.1, -0.05) is 52.2 Å². The van der Waals surface area contributed by atoms with Crippen LogP contribution >= 0.6 is 0 Å². The molecule has 0 aliphatic rings. The molecule has 0 rings (SSSR count). The van der Waals surface area contributed by atoms with E-state index in [9.17, 15) is 0 Å². The van der Waals surface area contributed by atoms with Gasteiger partial charge in [0.05, 0.1) is 0 Å². The third kappa shape index (κ3) is 8.43. The highest BCUT2D eigenvalue weighted by atomic mass is 15.1. The van der Waals surface area contributed by atoms with Crippen LogP contribution in [-0.4, -0.2) is 25.0 Å². The van der Waals surface area contributed by atoms with Crippen LogP contribution < -0.4 is 0 Å². The second-order valence-corrected chi connectivity index (χ2v) is 5.41. The van der Waals surface area contributed by atoms with Crippen LogP contribution in [0.2, 0.25) is 0 Å². The molecule has 1 nitrogen and oxygen atoms in total. The largest absolute Gasteiger partial charge is 0.306 e. The third-order valence-corrected chi connectivity index (χ3v) is 3.45. The molecule has 2 atom stereocenters. The Morgan fingerprint density at radius 2 is 1.59 bits per heavy atom. The number of unbranched alkanes of at least 4 members (excludes halogenated alkanes) is 1. The monoisotopic (exact) mass is 239 g/mol. The lowest BCUT2D eigenvalue weighted by atomic mass is 9.92. The zero-order chi connectivity index (χ0) is 13.1. The van der Waals surface area contributed by atoms with Crippen LogP contribution in [0.5, 0.6) is 0 Å². The van der Waals surface area contributed by atoms with Crippen molar-refractivity contribution in [2.75, 3.05) is 14.1 Å². The maximum Gasteiger partial charge on any atom is 0.00946 e. The summed E-state index contributed by atoms with van der Waals surface area (Å²) in [5, 5.41) is 0. The zero-order valence-corrected chi connectivity index (χ0v) is 12.7. The fourth-order valence-corrected chi connectivity index (χ4v) is 2.39. The first kappa shape index (κ1) is 16.7. The van der Waals surface area contributed by atoms with Gasteiger partial charge >= 0.3 is 0 Å². The van der Waals surface area contributed by atoms with Gasteiger partial charge in [-0.15, -0.1) is 0 Å². The Balaban J connectivity index is 4.27. The average molecular weight is 239 g/mol. The van der Waals surface area contributed by atoms with E-state index in [1.54, 1.807) is 0 Å². The highest BCUT2D eigenvalue weighted by Gasteiger charge is 2.15. The summed E-state index contributed by atoms with van der Waals surface area (Å²) in [5.74, 6) is 0.783. The number of allylic oxidation sites excluding steroid dienone is 2. The first-order valence-electron chi connectivity index (χ1n) is 7.48. The van der Waals surface area contributed by atoms with Gasteiger partial charge in [0.2, 0.25) is 0 Å². The minimum Gasteiger partial charge on any atom is -0.306 e. The summed E-state index contributed by atoms with van der Waals surface area (Å²) in [6.07, 6.45) is 14.0. The van der Waals surface area contributed by atoms with Crippen LogP contribution in [-0.2, 0) is 0 Å². The molecule has 0 aromatic rings. The molecule has 0 bridgehead atoms. The Bertz CT molecular complexity index is 184. The topological polar surface area (TPSA) is 3.24 Å². The van der Waals surface area contributed by atoms with Gasteiger partial charge in [-0.3, -0.25) is 0 Å². The van der Waals surface area contributed by atoms with E-state index in [2.05, 4.69) is 51.9 Å². The minimum atomic E-state index is 0.753. The molecule has 17 heavy (non-hydrogen) atoms. The van der Waals surface area contributed by atoms with Crippen LogP contribution in [0.4, 0.5) is 0 Å². The molecule has 0 heterocycles. The maximum atomic E-state index is 2.47. The van der Waals surface area contributed by atoms with E-state index in [0.717, 1.165) is 12.0 Å². The molecule has 1 heteroatoms. The summed E-state index contributed by atoms with van der Waals surface area (Å²) in [7, 11) is 4.44. The molecule has 0 aliphatic heterocycles. The van der Waals surface area contributed by atoms with Gasteiger partial charge in [-0.25, -0.2) is 0 Å². The molecular formula is C16H33N. The van der Waals surface area contributed by atoms with Crippen LogP contribution in [0.1, 0.15) is 65.7 Å². The van der Waals surface area contributed by atoms with Crippen LogP contribution in [0.25, 0.3) is 0 Å². The summed E-state index contributed by atoms with van der Waals surface area (Å²) >= 11 is 0. The van der Waals surface area contributed by atoms with Gasteiger partial charge in [0.25, 0.3) is 0 Å². The molecule has 0 spiro atoms. The summed E-state index contributed by atoms with van der Waals surface area (Å²) in [5.41, 5.74) is 0. The smallest absolute Gasteiger partial charge is 0.00946 e. The number of rotatable bonds is 10. The molecule has 0 aromatic carbocycles. The van der Waals surface area contributed by atoms with Gasteiger partial charge < -0.3 is 4.90 Å². The van der Waals surface area contributed by atoms with E-state index < -0.39 is 0 Å². The quantitative estimate of drug-likeness (QED) is 0.491. The van der Waals surface area contributed by atoms with Crippen molar-refractivity contribution < 1.29 is 0 Å². The SMILES string of the molecule is CCCC=CC(CCC)CC(CCC)N(C)C. The fourth-order valence-electron chi connectivity index (χ4n) is 2.39. The van der Waals surface area contributed by atoms with E-state index >= 15 is 0 Å². The first-order chi connectivity index (χ1) is 8.15. The minimum absolute atomic E-state index is 0.753. The Kier molecular flexibility index (Phi) is 10.6. The molecular weight excluding hydrogens is 206 g/mol. The van der Waals surface area contributed by atoms with Gasteiger partial charge in [0.15, 0.2) is 0 Å². The lowest BCUT2D eigenvalue weighted by Gasteiger charge is -2.27. The summed E-state index contributed by atoms with van der Waals surface area (Å²) in [4.78, 5) is 2.40. The second kappa shape index (κ2) is 10.8. The average Bonchev–Trinajstić information content (AvgIpc) is 2.28. The van der Waals surface area contributed by atoms with E-state index in [4.69, 9.17) is 0 Å². The molecule has 0 aliphatic carbocycles. The molecule has 0 aromatic heterocycles. The van der Waals surface area contributed by atoms with Crippen molar-refractivity contribution >= 4 is 0 Å². The lowest BCUT2D eigenvalue weighted by Crippen LogP contribution is -2.29. The van der Waals surface area contributed by atoms with Crippen LogP contribution in [0, 0.1) is 5.92 Å². The number of hydrogen-bond acceptors (Lipinski definition) is 1. The number of hydrogen-bond donors (Lipinski definition) is 0. The van der Waals surface area contributed by atoms with Gasteiger partial charge in [-0.2, -0.15) is 0 Å². The normalized spacial score (nSPS) is 15.6. The van der Waals surface area contributed by atoms with Crippen molar-refractivity contribution in [3.8, 4) is 0 Å². The summed E-state index contributed by atoms with van der Waals surface area (Å²) < 4.78 is 0. The molecule has 0 saturated carbocycles. The van der Waals surface area contributed by atoms with Crippen molar-refractivity contribution in [2.24, 2.45) is 5.92 Å². The van der Waals surface area contributed by atoms with Crippen molar-refractivity contribution in [3.63, 3.8) is 0 Å². The fraction of sp³-hybridized carbons (Fsp3) is 0.875. The van der Waals surface area contributed by atoms with Crippen LogP contribution in [0.15, 0.2) is 12.2 Å². The lowest BCUT2D eigenvalue weighted by molar-refractivity contribution is 0.239. The van der Waals surface area contributed by atoms with Crippen LogP contribution in [0.3, 0.4) is 0 Å². The predicted octanol–water partition coefficient (Wildman–Crippen LogP) is 4.88. The van der Waals surface area contributed by atoms with Crippen molar-refractivity contribution in [1.82, 2.24) is 4.90 Å². The predicted molar refractivity (Wildman–Crippen MR) is 79.4 cm³/mol. The van der Waals surface area contributed by atoms with Gasteiger partial charge in [0.1, 0.15) is 0 Å². The Morgan fingerprint density at radius 1 is 0.941 bits per heavy atom. The Morgan fingerprint density at radius 3 is 2.06 bits per heavy atom. The molecule has 0 radical (unpaired) electrons. The molecule has 0 saturated heterocycles. The first-order valence-corrected chi connectivity index (χ1v) is 7.48. The Hall–Kier alpha value is -0.300. The third-order valence-electron chi connectivity index (χ3n) is 3.45. The zero-order valence-electron chi connectivity index (χ0n) is 12.7.